The molecule has 3 N–H and O–H groups in total. The number of carbonyl (C=O) groups is 2. The van der Waals surface area contributed by atoms with E-state index >= 15 is 0 Å². The van der Waals surface area contributed by atoms with E-state index in [0.717, 1.165) is 43.2 Å². The molecule has 0 radical (unpaired) electrons. The summed E-state index contributed by atoms with van der Waals surface area (Å²) in [5, 5.41) is 8.40. The Morgan fingerprint density at radius 1 is 1.33 bits per heavy atom. The van der Waals surface area contributed by atoms with Crippen LogP contribution >= 0.6 is 11.3 Å². The number of ether oxygens (including phenoxy) is 1. The summed E-state index contributed by atoms with van der Waals surface area (Å²) in [4.78, 5) is 28.1. The number of halogens is 3. The van der Waals surface area contributed by atoms with Gasteiger partial charge in [-0.05, 0) is 31.5 Å². The van der Waals surface area contributed by atoms with Crippen LogP contribution in [0.15, 0.2) is 18.2 Å². The number of hydrogen-bond acceptors (Lipinski definition) is 6. The normalized spacial score (nSPS) is 17.5. The number of amides is 2. The van der Waals surface area contributed by atoms with Crippen LogP contribution in [0.25, 0.3) is 10.2 Å². The first kappa shape index (κ1) is 19.4. The molecule has 1 aromatic heterocycles. The highest BCUT2D eigenvalue weighted by Crippen LogP contribution is 2.31. The molecule has 1 aliphatic rings. The molecule has 7 nitrogen and oxygen atoms in total. The van der Waals surface area contributed by atoms with E-state index in [9.17, 15) is 22.8 Å². The summed E-state index contributed by atoms with van der Waals surface area (Å²) >= 11 is 1.01. The first-order chi connectivity index (χ1) is 12.8. The van der Waals surface area contributed by atoms with Gasteiger partial charge in [0, 0.05) is 6.07 Å². The monoisotopic (exact) mass is 402 g/mol. The lowest BCUT2D eigenvalue weighted by Crippen LogP contribution is -2.48. The van der Waals surface area contributed by atoms with Gasteiger partial charge >= 0.3 is 6.36 Å². The average Bonchev–Trinajstić information content (AvgIpc) is 3.00. The van der Waals surface area contributed by atoms with E-state index in [1.807, 2.05) is 0 Å². The maximum absolute atomic E-state index is 12.3. The molecule has 2 heterocycles. The van der Waals surface area contributed by atoms with Gasteiger partial charge in [-0.25, -0.2) is 4.98 Å². The largest absolute Gasteiger partial charge is 0.573 e. The number of alkyl halides is 3. The van der Waals surface area contributed by atoms with Gasteiger partial charge in [0.05, 0.1) is 22.8 Å². The maximum Gasteiger partial charge on any atom is 0.573 e. The molecule has 1 unspecified atom stereocenters. The second-order valence-corrected chi connectivity index (χ2v) is 7.00. The van der Waals surface area contributed by atoms with E-state index in [0.29, 0.717) is 10.2 Å². The number of aromatic nitrogens is 1. The number of piperidine rings is 1. The van der Waals surface area contributed by atoms with Gasteiger partial charge in [-0.15, -0.1) is 13.2 Å². The summed E-state index contributed by atoms with van der Waals surface area (Å²) in [6, 6.07) is 3.44. The molecule has 146 valence electrons. The Hall–Kier alpha value is -2.40. The fourth-order valence-electron chi connectivity index (χ4n) is 2.69. The lowest BCUT2D eigenvalue weighted by molar-refractivity contribution is -0.274. The second kappa shape index (κ2) is 8.09. The zero-order chi connectivity index (χ0) is 19.4. The van der Waals surface area contributed by atoms with E-state index in [2.05, 4.69) is 25.7 Å². The molecule has 1 aliphatic heterocycles. The molecule has 1 atom stereocenters. The third-order valence-electron chi connectivity index (χ3n) is 3.89. The lowest BCUT2D eigenvalue weighted by atomic mass is 10.0. The van der Waals surface area contributed by atoms with Crippen molar-refractivity contribution in [3.63, 3.8) is 0 Å². The summed E-state index contributed by atoms with van der Waals surface area (Å²) in [6.07, 6.45) is -2.06. The summed E-state index contributed by atoms with van der Waals surface area (Å²) in [5.74, 6) is -1.06. The first-order valence-electron chi connectivity index (χ1n) is 8.27. The Kier molecular flexibility index (Phi) is 5.80. The highest BCUT2D eigenvalue weighted by Gasteiger charge is 2.31. The van der Waals surface area contributed by atoms with Gasteiger partial charge in [-0.3, -0.25) is 9.59 Å². The molecular formula is C16H17F3N4O3S. The number of nitrogens with one attached hydrogen (secondary N) is 3. The van der Waals surface area contributed by atoms with Crippen LogP contribution in [0.2, 0.25) is 0 Å². The minimum Gasteiger partial charge on any atom is -0.406 e. The Balaban J connectivity index is 1.55. The van der Waals surface area contributed by atoms with Crippen molar-refractivity contribution in [2.75, 3.05) is 18.4 Å². The number of fused-ring (bicyclic) bond motifs is 1. The Labute approximate surface area is 156 Å². The molecule has 1 aromatic carbocycles. The van der Waals surface area contributed by atoms with E-state index in [1.54, 1.807) is 0 Å². The van der Waals surface area contributed by atoms with E-state index in [-0.39, 0.29) is 29.4 Å². The second-order valence-electron chi connectivity index (χ2n) is 5.96. The summed E-state index contributed by atoms with van der Waals surface area (Å²) in [7, 11) is 0. The number of benzene rings is 1. The predicted molar refractivity (Wildman–Crippen MR) is 93.6 cm³/mol. The zero-order valence-electron chi connectivity index (χ0n) is 14.1. The van der Waals surface area contributed by atoms with Crippen LogP contribution in [-0.4, -0.2) is 42.3 Å². The van der Waals surface area contributed by atoms with Crippen molar-refractivity contribution in [2.45, 2.75) is 31.7 Å². The number of anilines is 1. The van der Waals surface area contributed by atoms with Crippen LogP contribution in [0, 0.1) is 0 Å². The molecule has 27 heavy (non-hydrogen) atoms. The highest BCUT2D eigenvalue weighted by atomic mass is 32.1. The Bertz CT molecular complexity index is 834. The smallest absolute Gasteiger partial charge is 0.406 e. The molecule has 0 spiro atoms. The number of nitrogens with zero attached hydrogens (tertiary/aromatic N) is 1. The van der Waals surface area contributed by atoms with Gasteiger partial charge in [0.1, 0.15) is 5.75 Å². The molecule has 1 fully saturated rings. The van der Waals surface area contributed by atoms with Crippen molar-refractivity contribution in [2.24, 2.45) is 0 Å². The fourth-order valence-corrected chi connectivity index (χ4v) is 3.60. The maximum atomic E-state index is 12.3. The molecule has 0 saturated carbocycles. The molecule has 0 aliphatic carbocycles. The van der Waals surface area contributed by atoms with Crippen LogP contribution in [0.5, 0.6) is 5.75 Å². The minimum atomic E-state index is -4.78. The third-order valence-corrected chi connectivity index (χ3v) is 4.82. The summed E-state index contributed by atoms with van der Waals surface area (Å²) in [5.41, 5.74) is 0.431. The van der Waals surface area contributed by atoms with Crippen LogP contribution < -0.4 is 20.7 Å². The number of carbonyl (C=O) groups excluding carboxylic acids is 2. The van der Waals surface area contributed by atoms with E-state index in [4.69, 9.17) is 0 Å². The Morgan fingerprint density at radius 3 is 2.85 bits per heavy atom. The molecule has 2 aromatic rings. The van der Waals surface area contributed by atoms with Crippen molar-refractivity contribution < 1.29 is 27.5 Å². The quantitative estimate of drug-likeness (QED) is 0.714. The van der Waals surface area contributed by atoms with Gasteiger partial charge < -0.3 is 20.7 Å². The Morgan fingerprint density at radius 2 is 2.15 bits per heavy atom. The standard InChI is InChI=1S/C16H17F3N4O3S/c17-16(18,19)26-9-4-5-10-12(7-9)27-15(22-10)23-13(24)8-21-14(25)11-3-1-2-6-20-11/h4-5,7,11,20H,1-3,6,8H2,(H,21,25)(H,22,23,24). The van der Waals surface area contributed by atoms with E-state index in [1.165, 1.54) is 12.1 Å². The number of rotatable bonds is 5. The van der Waals surface area contributed by atoms with E-state index < -0.39 is 12.3 Å². The number of hydrogen-bond donors (Lipinski definition) is 3. The summed E-state index contributed by atoms with van der Waals surface area (Å²) < 4.78 is 41.1. The van der Waals surface area contributed by atoms with Gasteiger partial charge in [-0.2, -0.15) is 0 Å². The van der Waals surface area contributed by atoms with Crippen molar-refractivity contribution in [3.8, 4) is 5.75 Å². The molecule has 1 saturated heterocycles. The molecule has 0 bridgehead atoms. The SMILES string of the molecule is O=C(CNC(=O)C1CCCCN1)Nc1nc2ccc(OC(F)(F)F)cc2s1. The van der Waals surface area contributed by atoms with Crippen LogP contribution in [0.1, 0.15) is 19.3 Å². The minimum absolute atomic E-state index is 0.213. The van der Waals surface area contributed by atoms with Crippen LogP contribution in [0.4, 0.5) is 18.3 Å². The van der Waals surface area contributed by atoms with Crippen molar-refractivity contribution >= 4 is 38.5 Å². The number of thiazole rings is 1. The molecule has 2 amide bonds. The van der Waals surface area contributed by atoms with Crippen LogP contribution in [-0.2, 0) is 9.59 Å². The molecule has 11 heteroatoms. The topological polar surface area (TPSA) is 92.4 Å². The summed E-state index contributed by atoms with van der Waals surface area (Å²) in [6.45, 7) is 0.561. The van der Waals surface area contributed by atoms with Crippen molar-refractivity contribution in [3.05, 3.63) is 18.2 Å². The lowest BCUT2D eigenvalue weighted by Gasteiger charge is -2.22. The predicted octanol–water partition coefficient (Wildman–Crippen LogP) is 2.39. The van der Waals surface area contributed by atoms with Crippen molar-refractivity contribution in [1.82, 2.24) is 15.6 Å². The van der Waals surface area contributed by atoms with Crippen LogP contribution in [0.3, 0.4) is 0 Å². The van der Waals surface area contributed by atoms with Gasteiger partial charge in [0.2, 0.25) is 11.8 Å². The molecule has 3 rings (SSSR count). The third kappa shape index (κ3) is 5.54. The van der Waals surface area contributed by atoms with Crippen molar-refractivity contribution in [1.29, 1.82) is 0 Å². The highest BCUT2D eigenvalue weighted by molar-refractivity contribution is 7.22. The van der Waals surface area contributed by atoms with Gasteiger partial charge in [0.15, 0.2) is 5.13 Å². The molecular weight excluding hydrogens is 385 g/mol. The van der Waals surface area contributed by atoms with Gasteiger partial charge in [0.25, 0.3) is 0 Å². The van der Waals surface area contributed by atoms with Gasteiger partial charge in [-0.1, -0.05) is 17.8 Å². The fraction of sp³-hybridized carbons (Fsp3) is 0.438. The average molecular weight is 402 g/mol. The first-order valence-corrected chi connectivity index (χ1v) is 9.09. The zero-order valence-corrected chi connectivity index (χ0v) is 14.9.